The fourth-order valence-corrected chi connectivity index (χ4v) is 2.06. The number of carbonyl (C=O) groups is 1. The molecule has 5 heteroatoms. The van der Waals surface area contributed by atoms with Crippen molar-refractivity contribution in [2.75, 3.05) is 0 Å². The summed E-state index contributed by atoms with van der Waals surface area (Å²) in [5.74, 6) is -1.21. The third-order valence-corrected chi connectivity index (χ3v) is 2.93. The zero-order valence-electron chi connectivity index (χ0n) is 8.84. The number of thiazole rings is 1. The molecule has 16 heavy (non-hydrogen) atoms. The molecule has 0 N–H and O–H groups in total. The van der Waals surface area contributed by atoms with Gasteiger partial charge in [0.2, 0.25) is 0 Å². The van der Waals surface area contributed by atoms with E-state index in [0.29, 0.717) is 6.42 Å². The minimum absolute atomic E-state index is 0. The SMILES string of the molecule is O=C([O-])c1ncc(Cc2ccccc2)s1.[Na+]. The van der Waals surface area contributed by atoms with Gasteiger partial charge in [-0.1, -0.05) is 30.3 Å². The molecule has 0 bridgehead atoms. The predicted octanol–water partition coefficient (Wildman–Crippen LogP) is -1.90. The summed E-state index contributed by atoms with van der Waals surface area (Å²) in [5.41, 5.74) is 1.14. The largest absolute Gasteiger partial charge is 1.00 e. The van der Waals surface area contributed by atoms with Gasteiger partial charge in [0.1, 0.15) is 11.0 Å². The molecule has 0 spiro atoms. The fraction of sp³-hybridized carbons (Fsp3) is 0.0909. The molecule has 1 heterocycles. The standard InChI is InChI=1S/C11H9NO2S.Na/c13-11(14)10-12-7-9(15-10)6-8-4-2-1-3-5-8;/h1-5,7H,6H2,(H,13,14);/q;+1/p-1. The molecule has 0 atom stereocenters. The quantitative estimate of drug-likeness (QED) is 0.590. The van der Waals surface area contributed by atoms with E-state index in [4.69, 9.17) is 0 Å². The fourth-order valence-electron chi connectivity index (χ4n) is 1.28. The number of carboxylic acid groups (broad SMARTS) is 1. The van der Waals surface area contributed by atoms with Crippen LogP contribution in [0.2, 0.25) is 0 Å². The van der Waals surface area contributed by atoms with Gasteiger partial charge >= 0.3 is 29.6 Å². The summed E-state index contributed by atoms with van der Waals surface area (Å²) in [6.45, 7) is 0. The van der Waals surface area contributed by atoms with Crippen molar-refractivity contribution in [1.82, 2.24) is 4.98 Å². The van der Waals surface area contributed by atoms with E-state index >= 15 is 0 Å². The summed E-state index contributed by atoms with van der Waals surface area (Å²) in [4.78, 5) is 15.2. The Morgan fingerprint density at radius 3 is 2.56 bits per heavy atom. The van der Waals surface area contributed by atoms with Gasteiger partial charge in [0.15, 0.2) is 0 Å². The molecule has 3 nitrogen and oxygen atoms in total. The maximum absolute atomic E-state index is 10.5. The van der Waals surface area contributed by atoms with Gasteiger partial charge in [-0.3, -0.25) is 0 Å². The van der Waals surface area contributed by atoms with Crippen LogP contribution in [0.5, 0.6) is 0 Å². The first-order chi connectivity index (χ1) is 7.25. The third-order valence-electron chi connectivity index (χ3n) is 1.95. The molecule has 0 aliphatic rings. The van der Waals surface area contributed by atoms with Crippen LogP contribution in [0.25, 0.3) is 0 Å². The zero-order chi connectivity index (χ0) is 10.7. The Hall–Kier alpha value is -0.680. The molecule has 0 amide bonds. The van der Waals surface area contributed by atoms with E-state index in [9.17, 15) is 9.90 Å². The molecule has 1 aromatic heterocycles. The number of aromatic nitrogens is 1. The van der Waals surface area contributed by atoms with E-state index in [0.717, 1.165) is 21.8 Å². The first-order valence-electron chi connectivity index (χ1n) is 4.45. The molecule has 2 rings (SSSR count). The van der Waals surface area contributed by atoms with Gasteiger partial charge in [-0.2, -0.15) is 0 Å². The number of carbonyl (C=O) groups excluding carboxylic acids is 1. The van der Waals surface area contributed by atoms with Gasteiger partial charge in [0.25, 0.3) is 0 Å². The molecule has 0 saturated heterocycles. The summed E-state index contributed by atoms with van der Waals surface area (Å²) in [6.07, 6.45) is 2.30. The monoisotopic (exact) mass is 241 g/mol. The number of aromatic carboxylic acids is 1. The van der Waals surface area contributed by atoms with Crippen molar-refractivity contribution in [1.29, 1.82) is 0 Å². The Morgan fingerprint density at radius 1 is 1.31 bits per heavy atom. The summed E-state index contributed by atoms with van der Waals surface area (Å²) in [5, 5.41) is 10.5. The Morgan fingerprint density at radius 2 is 2.00 bits per heavy atom. The van der Waals surface area contributed by atoms with Crippen LogP contribution in [0.1, 0.15) is 20.2 Å². The molecule has 76 valence electrons. The molecule has 0 saturated carbocycles. The Balaban J connectivity index is 0.00000128. The summed E-state index contributed by atoms with van der Waals surface area (Å²) < 4.78 is 0. The minimum atomic E-state index is -1.21. The first kappa shape index (κ1) is 13.4. The average molecular weight is 241 g/mol. The topological polar surface area (TPSA) is 53.0 Å². The number of carboxylic acids is 1. The summed E-state index contributed by atoms with van der Waals surface area (Å²) >= 11 is 1.16. The van der Waals surface area contributed by atoms with Gasteiger partial charge in [-0.05, 0) is 5.56 Å². The van der Waals surface area contributed by atoms with Crippen LogP contribution >= 0.6 is 11.3 Å². The van der Waals surface area contributed by atoms with Crippen LogP contribution in [-0.2, 0) is 6.42 Å². The molecule has 0 aliphatic heterocycles. The van der Waals surface area contributed by atoms with Crippen LogP contribution in [0.15, 0.2) is 36.5 Å². The molecule has 2 aromatic rings. The number of rotatable bonds is 3. The van der Waals surface area contributed by atoms with Gasteiger partial charge in [-0.25, -0.2) is 4.98 Å². The van der Waals surface area contributed by atoms with Crippen molar-refractivity contribution in [2.45, 2.75) is 6.42 Å². The third kappa shape index (κ3) is 3.42. The minimum Gasteiger partial charge on any atom is -0.542 e. The van der Waals surface area contributed by atoms with E-state index in [2.05, 4.69) is 4.98 Å². The summed E-state index contributed by atoms with van der Waals surface area (Å²) in [6, 6.07) is 9.85. The normalized spacial score (nSPS) is 9.50. The van der Waals surface area contributed by atoms with Crippen LogP contribution in [0.4, 0.5) is 0 Å². The van der Waals surface area contributed by atoms with Crippen LogP contribution in [0.3, 0.4) is 0 Å². The van der Waals surface area contributed by atoms with Crippen LogP contribution in [-0.4, -0.2) is 11.0 Å². The second-order valence-corrected chi connectivity index (χ2v) is 4.20. The maximum atomic E-state index is 10.5. The van der Waals surface area contributed by atoms with E-state index in [1.807, 2.05) is 30.3 Å². The van der Waals surface area contributed by atoms with E-state index in [1.54, 1.807) is 6.20 Å². The van der Waals surface area contributed by atoms with E-state index < -0.39 is 5.97 Å². The van der Waals surface area contributed by atoms with Crippen molar-refractivity contribution in [3.8, 4) is 0 Å². The Labute approximate surface area is 119 Å². The molecule has 0 aliphatic carbocycles. The zero-order valence-corrected chi connectivity index (χ0v) is 11.7. The van der Waals surface area contributed by atoms with E-state index in [-0.39, 0.29) is 34.6 Å². The molecular weight excluding hydrogens is 233 g/mol. The van der Waals surface area contributed by atoms with Crippen molar-refractivity contribution in [3.05, 3.63) is 52.0 Å². The maximum Gasteiger partial charge on any atom is 1.00 e. The Bertz CT molecular complexity index is 470. The summed E-state index contributed by atoms with van der Waals surface area (Å²) in [7, 11) is 0. The van der Waals surface area contributed by atoms with Gasteiger partial charge in [-0.15, -0.1) is 11.3 Å². The second-order valence-electron chi connectivity index (χ2n) is 3.08. The van der Waals surface area contributed by atoms with Crippen molar-refractivity contribution >= 4 is 17.3 Å². The first-order valence-corrected chi connectivity index (χ1v) is 5.27. The Kier molecular flexibility index (Phi) is 5.15. The number of hydrogen-bond acceptors (Lipinski definition) is 4. The van der Waals surface area contributed by atoms with Crippen molar-refractivity contribution in [2.24, 2.45) is 0 Å². The predicted molar refractivity (Wildman–Crippen MR) is 55.7 cm³/mol. The van der Waals surface area contributed by atoms with E-state index in [1.165, 1.54) is 0 Å². The van der Waals surface area contributed by atoms with Crippen LogP contribution < -0.4 is 34.7 Å². The molecule has 1 aromatic carbocycles. The smallest absolute Gasteiger partial charge is 0.542 e. The van der Waals surface area contributed by atoms with Crippen molar-refractivity contribution in [3.63, 3.8) is 0 Å². The van der Waals surface area contributed by atoms with Crippen LogP contribution in [0, 0.1) is 0 Å². The van der Waals surface area contributed by atoms with Gasteiger partial charge < -0.3 is 9.90 Å². The molecule has 0 radical (unpaired) electrons. The number of benzene rings is 1. The van der Waals surface area contributed by atoms with Crippen molar-refractivity contribution < 1.29 is 39.5 Å². The molecule has 0 unspecified atom stereocenters. The van der Waals surface area contributed by atoms with Gasteiger partial charge in [0, 0.05) is 17.5 Å². The molecule has 0 fully saturated rings. The average Bonchev–Trinajstić information content (AvgIpc) is 2.68. The van der Waals surface area contributed by atoms with Gasteiger partial charge in [0.05, 0.1) is 0 Å². The molecular formula is C11H8NNaO2S. The number of hydrogen-bond donors (Lipinski definition) is 0. The number of nitrogens with zero attached hydrogens (tertiary/aromatic N) is 1. The second kappa shape index (κ2) is 6.15.